The zero-order valence-electron chi connectivity index (χ0n) is 10.3. The summed E-state index contributed by atoms with van der Waals surface area (Å²) in [5.74, 6) is 0.801. The Labute approximate surface area is 147 Å². The molecule has 0 unspecified atom stereocenters. The lowest BCUT2D eigenvalue weighted by Crippen LogP contribution is -1.83. The van der Waals surface area contributed by atoms with Crippen molar-refractivity contribution in [2.45, 2.75) is 0 Å². The van der Waals surface area contributed by atoms with Gasteiger partial charge in [0.1, 0.15) is 5.75 Å². The van der Waals surface area contributed by atoms with Crippen LogP contribution in [0.4, 0.5) is 0 Å². The van der Waals surface area contributed by atoms with Crippen LogP contribution in [-0.2, 0) is 0 Å². The van der Waals surface area contributed by atoms with Crippen LogP contribution in [-0.4, -0.2) is 15.2 Å². The highest BCUT2D eigenvalue weighted by atomic mass is 127. The number of benzene rings is 2. The number of hydrogen-bond acceptors (Lipinski definition) is 4. The normalized spacial score (nSPS) is 10.8. The lowest BCUT2D eigenvalue weighted by molar-refractivity contribution is 0.425. The number of phenols is 1. The van der Waals surface area contributed by atoms with E-state index in [-0.39, 0.29) is 11.6 Å². The summed E-state index contributed by atoms with van der Waals surface area (Å²) in [6.07, 6.45) is 0. The number of nitrogens with zero attached hydrogens (tertiary/aromatic N) is 2. The van der Waals surface area contributed by atoms with Crippen molar-refractivity contribution < 1.29 is 9.63 Å². The van der Waals surface area contributed by atoms with Crippen molar-refractivity contribution in [1.82, 2.24) is 10.1 Å². The van der Waals surface area contributed by atoms with Crippen LogP contribution in [0.1, 0.15) is 0 Å². The molecule has 0 saturated heterocycles. The van der Waals surface area contributed by atoms with Crippen molar-refractivity contribution in [3.63, 3.8) is 0 Å². The molecule has 0 spiro atoms. The van der Waals surface area contributed by atoms with Crippen LogP contribution in [0.3, 0.4) is 0 Å². The highest BCUT2D eigenvalue weighted by Crippen LogP contribution is 2.32. The van der Waals surface area contributed by atoms with Gasteiger partial charge in [0.05, 0.1) is 10.6 Å². The second-order valence-electron chi connectivity index (χ2n) is 4.21. The predicted octanol–water partition coefficient (Wildman–Crippen LogP) is 5.13. The molecule has 0 atom stereocenters. The van der Waals surface area contributed by atoms with E-state index in [4.69, 9.17) is 16.1 Å². The van der Waals surface area contributed by atoms with E-state index in [0.29, 0.717) is 16.4 Å². The summed E-state index contributed by atoms with van der Waals surface area (Å²) in [5, 5.41) is 14.4. The fourth-order valence-corrected chi connectivity index (χ4v) is 2.75. The molecule has 106 valence electrons. The smallest absolute Gasteiger partial charge is 0.262 e. The van der Waals surface area contributed by atoms with Gasteiger partial charge in [0.25, 0.3) is 5.89 Å². The minimum atomic E-state index is 0.0999. The van der Waals surface area contributed by atoms with Gasteiger partial charge in [-0.2, -0.15) is 4.98 Å². The van der Waals surface area contributed by atoms with Gasteiger partial charge >= 0.3 is 0 Å². The SMILES string of the molecule is Oc1ccc(I)cc1-c1nc(-c2ccc(Cl)c(Br)c2)no1. The van der Waals surface area contributed by atoms with Gasteiger partial charge in [-0.3, -0.25) is 0 Å². The van der Waals surface area contributed by atoms with Crippen molar-refractivity contribution in [1.29, 1.82) is 0 Å². The Morgan fingerprint density at radius 1 is 1.19 bits per heavy atom. The summed E-state index contributed by atoms with van der Waals surface area (Å²) in [5.41, 5.74) is 1.28. The van der Waals surface area contributed by atoms with Gasteiger partial charge in [-0.05, 0) is 74.9 Å². The minimum absolute atomic E-state index is 0.0999. The molecule has 1 N–H and O–H groups in total. The molecule has 0 saturated carbocycles. The molecular formula is C14H7BrClIN2O2. The van der Waals surface area contributed by atoms with Gasteiger partial charge in [-0.1, -0.05) is 16.8 Å². The first-order valence-electron chi connectivity index (χ1n) is 5.82. The van der Waals surface area contributed by atoms with Crippen LogP contribution < -0.4 is 0 Å². The lowest BCUT2D eigenvalue weighted by Gasteiger charge is -1.99. The van der Waals surface area contributed by atoms with Crippen molar-refractivity contribution >= 4 is 50.1 Å². The highest BCUT2D eigenvalue weighted by Gasteiger charge is 2.15. The summed E-state index contributed by atoms with van der Waals surface area (Å²) in [4.78, 5) is 4.32. The second kappa shape index (κ2) is 5.94. The van der Waals surface area contributed by atoms with E-state index < -0.39 is 0 Å². The Hall–Kier alpha value is -1.12. The Morgan fingerprint density at radius 3 is 2.76 bits per heavy atom. The monoisotopic (exact) mass is 476 g/mol. The molecule has 0 bridgehead atoms. The molecule has 0 fully saturated rings. The largest absolute Gasteiger partial charge is 0.507 e. The van der Waals surface area contributed by atoms with E-state index >= 15 is 0 Å². The molecular weight excluding hydrogens is 470 g/mol. The van der Waals surface area contributed by atoms with Gasteiger partial charge in [0.15, 0.2) is 0 Å². The quantitative estimate of drug-likeness (QED) is 0.520. The molecule has 0 radical (unpaired) electrons. The maximum absolute atomic E-state index is 9.89. The van der Waals surface area contributed by atoms with E-state index in [9.17, 15) is 5.11 Å². The van der Waals surface area contributed by atoms with E-state index in [0.717, 1.165) is 13.6 Å². The maximum Gasteiger partial charge on any atom is 0.262 e. The number of phenolic OH excluding ortho intramolecular Hbond substituents is 1. The zero-order valence-corrected chi connectivity index (χ0v) is 14.8. The van der Waals surface area contributed by atoms with Gasteiger partial charge < -0.3 is 9.63 Å². The third kappa shape index (κ3) is 3.07. The third-order valence-corrected chi connectivity index (χ3v) is 4.68. The molecule has 3 aromatic rings. The summed E-state index contributed by atoms with van der Waals surface area (Å²) < 4.78 is 6.96. The van der Waals surface area contributed by atoms with Gasteiger partial charge in [-0.25, -0.2) is 0 Å². The second-order valence-corrected chi connectivity index (χ2v) is 6.72. The number of halogens is 3. The summed E-state index contributed by atoms with van der Waals surface area (Å²) in [6, 6.07) is 10.5. The maximum atomic E-state index is 9.89. The van der Waals surface area contributed by atoms with E-state index in [1.807, 2.05) is 6.07 Å². The molecule has 0 aliphatic rings. The van der Waals surface area contributed by atoms with Gasteiger partial charge in [0.2, 0.25) is 5.82 Å². The molecule has 2 aromatic carbocycles. The van der Waals surface area contributed by atoms with E-state index in [1.54, 1.807) is 30.3 Å². The Balaban J connectivity index is 2.03. The van der Waals surface area contributed by atoms with E-state index in [1.165, 1.54) is 0 Å². The molecule has 0 aliphatic heterocycles. The fraction of sp³-hybridized carbons (Fsp3) is 0. The average molecular weight is 477 g/mol. The molecule has 1 heterocycles. The summed E-state index contributed by atoms with van der Waals surface area (Å²) in [6.45, 7) is 0. The van der Waals surface area contributed by atoms with Crippen molar-refractivity contribution in [2.24, 2.45) is 0 Å². The van der Waals surface area contributed by atoms with Gasteiger partial charge in [-0.15, -0.1) is 0 Å². The van der Waals surface area contributed by atoms with Crippen molar-refractivity contribution in [3.8, 4) is 28.6 Å². The fourth-order valence-electron chi connectivity index (χ4n) is 1.76. The number of rotatable bonds is 2. The Bertz CT molecular complexity index is 822. The molecule has 0 aliphatic carbocycles. The average Bonchev–Trinajstić information content (AvgIpc) is 2.94. The molecule has 21 heavy (non-hydrogen) atoms. The molecule has 4 nitrogen and oxygen atoms in total. The Kier molecular flexibility index (Phi) is 4.19. The standard InChI is InChI=1S/C14H7BrClIN2O2/c15-10-5-7(1-3-11(10)16)13-18-14(21-19-13)9-6-8(17)2-4-12(9)20/h1-6,20H. The van der Waals surface area contributed by atoms with Crippen molar-refractivity contribution in [2.75, 3.05) is 0 Å². The third-order valence-electron chi connectivity index (χ3n) is 2.79. The minimum Gasteiger partial charge on any atom is -0.507 e. The lowest BCUT2D eigenvalue weighted by atomic mass is 10.2. The highest BCUT2D eigenvalue weighted by molar-refractivity contribution is 14.1. The number of aromatic nitrogens is 2. The van der Waals surface area contributed by atoms with Crippen LogP contribution in [0.15, 0.2) is 45.4 Å². The summed E-state index contributed by atoms with van der Waals surface area (Å²) >= 11 is 11.5. The number of hydrogen-bond donors (Lipinski definition) is 1. The number of aromatic hydroxyl groups is 1. The van der Waals surface area contributed by atoms with Crippen LogP contribution in [0.5, 0.6) is 5.75 Å². The summed E-state index contributed by atoms with van der Waals surface area (Å²) in [7, 11) is 0. The topological polar surface area (TPSA) is 59.2 Å². The first-order valence-corrected chi connectivity index (χ1v) is 8.07. The molecule has 1 aromatic heterocycles. The predicted molar refractivity (Wildman–Crippen MR) is 92.3 cm³/mol. The molecule has 7 heteroatoms. The first kappa shape index (κ1) is 14.8. The van der Waals surface area contributed by atoms with Gasteiger partial charge in [0, 0.05) is 13.6 Å². The van der Waals surface area contributed by atoms with Crippen LogP contribution >= 0.6 is 50.1 Å². The Morgan fingerprint density at radius 2 is 2.00 bits per heavy atom. The van der Waals surface area contributed by atoms with Crippen molar-refractivity contribution in [3.05, 3.63) is 49.5 Å². The zero-order chi connectivity index (χ0) is 15.0. The van der Waals surface area contributed by atoms with Crippen LogP contribution in [0.2, 0.25) is 5.02 Å². The van der Waals surface area contributed by atoms with E-state index in [2.05, 4.69) is 48.7 Å². The molecule has 3 rings (SSSR count). The first-order chi connectivity index (χ1) is 10.0. The van der Waals surface area contributed by atoms with Crippen LogP contribution in [0, 0.1) is 3.57 Å². The van der Waals surface area contributed by atoms with Crippen LogP contribution in [0.25, 0.3) is 22.8 Å². The molecule has 0 amide bonds.